The van der Waals surface area contributed by atoms with Gasteiger partial charge in [-0.15, -0.1) is 0 Å². The molecule has 0 N–H and O–H groups in total. The van der Waals surface area contributed by atoms with Gasteiger partial charge >= 0.3 is 0 Å². The van der Waals surface area contributed by atoms with Gasteiger partial charge in [0.25, 0.3) is 0 Å². The molecule has 1 aromatic carbocycles. The highest BCUT2D eigenvalue weighted by Gasteiger charge is 1.98. The van der Waals surface area contributed by atoms with Crippen LogP contribution in [-0.4, -0.2) is 4.98 Å². The highest BCUT2D eigenvalue weighted by atomic mass is 16.5. The Labute approximate surface area is 89.6 Å². The Morgan fingerprint density at radius 2 is 1.47 bits per heavy atom. The first-order valence-electron chi connectivity index (χ1n) is 4.90. The lowest BCUT2D eigenvalue weighted by Gasteiger charge is -2.07. The van der Waals surface area contributed by atoms with Crippen molar-refractivity contribution in [3.63, 3.8) is 0 Å². The molecular formula is C13H13NO. The van der Waals surface area contributed by atoms with E-state index in [1.807, 2.05) is 24.3 Å². The minimum absolute atomic E-state index is 0.815. The van der Waals surface area contributed by atoms with Gasteiger partial charge in [-0.05, 0) is 49.2 Å². The fourth-order valence-electron chi connectivity index (χ4n) is 1.53. The van der Waals surface area contributed by atoms with Crippen molar-refractivity contribution in [3.05, 3.63) is 53.9 Å². The summed E-state index contributed by atoms with van der Waals surface area (Å²) in [4.78, 5) is 3.94. The second-order valence-corrected chi connectivity index (χ2v) is 3.61. The third kappa shape index (κ3) is 2.56. The van der Waals surface area contributed by atoms with Crippen molar-refractivity contribution in [1.29, 1.82) is 0 Å². The van der Waals surface area contributed by atoms with Crippen LogP contribution in [0.5, 0.6) is 11.5 Å². The molecule has 0 fully saturated rings. The molecule has 0 unspecified atom stereocenters. The molecule has 76 valence electrons. The number of benzene rings is 1. The number of nitrogens with zero attached hydrogens (tertiary/aromatic N) is 1. The van der Waals surface area contributed by atoms with Crippen LogP contribution < -0.4 is 4.74 Å². The van der Waals surface area contributed by atoms with Crippen LogP contribution >= 0.6 is 0 Å². The van der Waals surface area contributed by atoms with Crippen LogP contribution in [0.4, 0.5) is 0 Å². The predicted octanol–water partition coefficient (Wildman–Crippen LogP) is 3.49. The molecular weight excluding hydrogens is 186 g/mol. The lowest BCUT2D eigenvalue weighted by molar-refractivity contribution is 0.481. The van der Waals surface area contributed by atoms with Crippen LogP contribution in [-0.2, 0) is 0 Å². The number of hydrogen-bond acceptors (Lipinski definition) is 2. The minimum atomic E-state index is 0.815. The lowest BCUT2D eigenvalue weighted by Crippen LogP contribution is -1.86. The Kier molecular flexibility index (Phi) is 2.68. The molecule has 0 amide bonds. The van der Waals surface area contributed by atoms with E-state index in [0.717, 1.165) is 11.5 Å². The molecule has 0 aliphatic carbocycles. The summed E-state index contributed by atoms with van der Waals surface area (Å²) in [6.45, 7) is 4.12. The Hall–Kier alpha value is -1.83. The first-order chi connectivity index (χ1) is 7.24. The van der Waals surface area contributed by atoms with Gasteiger partial charge in [0.05, 0.1) is 0 Å². The topological polar surface area (TPSA) is 22.1 Å². The SMILES string of the molecule is Cc1cc(C)cc(Oc2ccncc2)c1. The van der Waals surface area contributed by atoms with Gasteiger partial charge in [-0.2, -0.15) is 0 Å². The Morgan fingerprint density at radius 1 is 0.867 bits per heavy atom. The van der Waals surface area contributed by atoms with E-state index in [0.29, 0.717) is 0 Å². The summed E-state index contributed by atoms with van der Waals surface area (Å²) in [7, 11) is 0. The normalized spacial score (nSPS) is 10.0. The van der Waals surface area contributed by atoms with Gasteiger partial charge in [0.2, 0.25) is 0 Å². The maximum absolute atomic E-state index is 5.70. The molecule has 0 atom stereocenters. The molecule has 0 radical (unpaired) electrons. The monoisotopic (exact) mass is 199 g/mol. The predicted molar refractivity (Wildman–Crippen MR) is 60.2 cm³/mol. The quantitative estimate of drug-likeness (QED) is 0.738. The molecule has 0 saturated carbocycles. The van der Waals surface area contributed by atoms with Crippen LogP contribution in [0.15, 0.2) is 42.7 Å². The first kappa shape index (κ1) is 9.71. The van der Waals surface area contributed by atoms with E-state index in [4.69, 9.17) is 4.74 Å². The number of rotatable bonds is 2. The molecule has 2 nitrogen and oxygen atoms in total. The summed E-state index contributed by atoms with van der Waals surface area (Å²) in [6.07, 6.45) is 3.44. The summed E-state index contributed by atoms with van der Waals surface area (Å²) in [6, 6.07) is 9.86. The van der Waals surface area contributed by atoms with Gasteiger partial charge < -0.3 is 4.74 Å². The highest BCUT2D eigenvalue weighted by Crippen LogP contribution is 2.22. The maximum Gasteiger partial charge on any atom is 0.130 e. The van der Waals surface area contributed by atoms with Gasteiger partial charge in [-0.3, -0.25) is 4.98 Å². The van der Waals surface area contributed by atoms with Crippen molar-refractivity contribution in [1.82, 2.24) is 4.98 Å². The van der Waals surface area contributed by atoms with E-state index >= 15 is 0 Å². The molecule has 2 aromatic rings. The van der Waals surface area contributed by atoms with E-state index in [1.54, 1.807) is 12.4 Å². The van der Waals surface area contributed by atoms with Crippen LogP contribution in [0.2, 0.25) is 0 Å². The van der Waals surface area contributed by atoms with Gasteiger partial charge in [-0.1, -0.05) is 6.07 Å². The third-order valence-electron chi connectivity index (χ3n) is 2.08. The molecule has 0 bridgehead atoms. The Morgan fingerprint density at radius 3 is 2.07 bits per heavy atom. The zero-order chi connectivity index (χ0) is 10.7. The lowest BCUT2D eigenvalue weighted by atomic mass is 10.1. The van der Waals surface area contributed by atoms with Crippen molar-refractivity contribution < 1.29 is 4.74 Å². The molecule has 2 rings (SSSR count). The second kappa shape index (κ2) is 4.13. The molecule has 1 heterocycles. The molecule has 0 spiro atoms. The summed E-state index contributed by atoms with van der Waals surface area (Å²) in [5.41, 5.74) is 2.41. The zero-order valence-corrected chi connectivity index (χ0v) is 8.90. The second-order valence-electron chi connectivity index (χ2n) is 3.61. The van der Waals surface area contributed by atoms with E-state index in [9.17, 15) is 0 Å². The Bertz CT molecular complexity index is 431. The third-order valence-corrected chi connectivity index (χ3v) is 2.08. The van der Waals surface area contributed by atoms with Crippen molar-refractivity contribution in [2.75, 3.05) is 0 Å². The van der Waals surface area contributed by atoms with Gasteiger partial charge in [0.1, 0.15) is 11.5 Å². The van der Waals surface area contributed by atoms with Crippen LogP contribution in [0.1, 0.15) is 11.1 Å². The molecule has 1 aromatic heterocycles. The van der Waals surface area contributed by atoms with Crippen molar-refractivity contribution >= 4 is 0 Å². The molecule has 0 saturated heterocycles. The van der Waals surface area contributed by atoms with E-state index in [-0.39, 0.29) is 0 Å². The van der Waals surface area contributed by atoms with Gasteiger partial charge in [-0.25, -0.2) is 0 Å². The fraction of sp³-hybridized carbons (Fsp3) is 0.154. The van der Waals surface area contributed by atoms with Crippen molar-refractivity contribution in [2.24, 2.45) is 0 Å². The largest absolute Gasteiger partial charge is 0.457 e. The summed E-state index contributed by atoms with van der Waals surface area (Å²) < 4.78 is 5.70. The number of ether oxygens (including phenoxy) is 1. The van der Waals surface area contributed by atoms with E-state index in [1.165, 1.54) is 11.1 Å². The first-order valence-corrected chi connectivity index (χ1v) is 4.90. The van der Waals surface area contributed by atoms with E-state index < -0.39 is 0 Å². The highest BCUT2D eigenvalue weighted by molar-refractivity contribution is 5.36. The maximum atomic E-state index is 5.70. The average molecular weight is 199 g/mol. The van der Waals surface area contributed by atoms with Crippen LogP contribution in [0.25, 0.3) is 0 Å². The fourth-order valence-corrected chi connectivity index (χ4v) is 1.53. The smallest absolute Gasteiger partial charge is 0.130 e. The zero-order valence-electron chi connectivity index (χ0n) is 8.90. The van der Waals surface area contributed by atoms with Crippen molar-refractivity contribution in [3.8, 4) is 11.5 Å². The van der Waals surface area contributed by atoms with Crippen molar-refractivity contribution in [2.45, 2.75) is 13.8 Å². The number of pyridine rings is 1. The summed E-state index contributed by atoms with van der Waals surface area (Å²) >= 11 is 0. The van der Waals surface area contributed by atoms with E-state index in [2.05, 4.69) is 24.9 Å². The van der Waals surface area contributed by atoms with Gasteiger partial charge in [0.15, 0.2) is 0 Å². The molecule has 15 heavy (non-hydrogen) atoms. The minimum Gasteiger partial charge on any atom is -0.457 e. The standard InChI is InChI=1S/C13H13NO/c1-10-7-11(2)9-13(8-10)15-12-3-5-14-6-4-12/h3-9H,1-2H3. The summed E-state index contributed by atoms with van der Waals surface area (Å²) in [5, 5.41) is 0. The average Bonchev–Trinajstić information content (AvgIpc) is 2.17. The number of aryl methyl sites for hydroxylation is 2. The van der Waals surface area contributed by atoms with Gasteiger partial charge in [0, 0.05) is 12.4 Å². The van der Waals surface area contributed by atoms with Crippen LogP contribution in [0.3, 0.4) is 0 Å². The molecule has 0 aliphatic heterocycles. The molecule has 0 aliphatic rings. The Balaban J connectivity index is 2.25. The number of aromatic nitrogens is 1. The van der Waals surface area contributed by atoms with Crippen LogP contribution in [0, 0.1) is 13.8 Å². The molecule has 2 heteroatoms. The number of hydrogen-bond donors (Lipinski definition) is 0. The summed E-state index contributed by atoms with van der Waals surface area (Å²) in [5.74, 6) is 1.69.